The fourth-order valence-corrected chi connectivity index (χ4v) is 3.37. The highest BCUT2D eigenvalue weighted by Crippen LogP contribution is 2.28. The van der Waals surface area contributed by atoms with Crippen LogP contribution in [0, 0.1) is 0 Å². The second kappa shape index (κ2) is 9.84. The van der Waals surface area contributed by atoms with Crippen LogP contribution in [0.25, 0.3) is 0 Å². The SMILES string of the molecule is CCC(C)N(Cc1cc(Cl)ccc1OS(C)(=O)=O)C(=O)Nc1ccccc1OC. The van der Waals surface area contributed by atoms with Crippen molar-refractivity contribution in [1.82, 2.24) is 4.90 Å². The first-order valence-electron chi connectivity index (χ1n) is 9.03. The van der Waals surface area contributed by atoms with E-state index in [1.807, 2.05) is 19.9 Å². The van der Waals surface area contributed by atoms with Crippen LogP contribution in [0.4, 0.5) is 10.5 Å². The van der Waals surface area contributed by atoms with Crippen molar-refractivity contribution < 1.29 is 22.1 Å². The Balaban J connectivity index is 2.34. The minimum absolute atomic E-state index is 0.113. The van der Waals surface area contributed by atoms with Gasteiger partial charge < -0.3 is 19.1 Å². The van der Waals surface area contributed by atoms with Crippen molar-refractivity contribution in [2.75, 3.05) is 18.7 Å². The first kappa shape index (κ1) is 22.8. The fraction of sp³-hybridized carbons (Fsp3) is 0.350. The number of hydrogen-bond acceptors (Lipinski definition) is 5. The number of benzene rings is 2. The molecule has 0 spiro atoms. The normalized spacial score (nSPS) is 12.2. The third-order valence-corrected chi connectivity index (χ3v) is 5.05. The van der Waals surface area contributed by atoms with Crippen molar-refractivity contribution in [3.05, 3.63) is 53.1 Å². The summed E-state index contributed by atoms with van der Waals surface area (Å²) in [5, 5.41) is 3.26. The van der Waals surface area contributed by atoms with Crippen molar-refractivity contribution >= 4 is 33.4 Å². The van der Waals surface area contributed by atoms with Gasteiger partial charge in [0.15, 0.2) is 0 Å². The van der Waals surface area contributed by atoms with Gasteiger partial charge in [0.25, 0.3) is 0 Å². The van der Waals surface area contributed by atoms with Crippen LogP contribution in [0.5, 0.6) is 11.5 Å². The Labute approximate surface area is 176 Å². The molecule has 0 aliphatic carbocycles. The summed E-state index contributed by atoms with van der Waals surface area (Å²) in [4.78, 5) is 14.6. The maximum Gasteiger partial charge on any atom is 0.322 e. The quantitative estimate of drug-likeness (QED) is 0.610. The van der Waals surface area contributed by atoms with E-state index in [0.29, 0.717) is 28.4 Å². The Hall–Kier alpha value is -2.45. The van der Waals surface area contributed by atoms with Crippen molar-refractivity contribution in [3.8, 4) is 11.5 Å². The zero-order chi connectivity index (χ0) is 21.6. The van der Waals surface area contributed by atoms with Crippen LogP contribution >= 0.6 is 11.6 Å². The van der Waals surface area contributed by atoms with Gasteiger partial charge >= 0.3 is 16.1 Å². The Morgan fingerprint density at radius 2 is 1.90 bits per heavy atom. The summed E-state index contributed by atoms with van der Waals surface area (Å²) >= 11 is 6.09. The summed E-state index contributed by atoms with van der Waals surface area (Å²) in [6.45, 7) is 3.98. The Bertz CT molecular complexity index is 965. The molecule has 0 aliphatic heterocycles. The molecule has 0 aromatic heterocycles. The van der Waals surface area contributed by atoms with Gasteiger partial charge in [0, 0.05) is 16.6 Å². The van der Waals surface area contributed by atoms with Crippen LogP contribution in [0.3, 0.4) is 0 Å². The van der Waals surface area contributed by atoms with E-state index in [4.69, 9.17) is 20.5 Å². The molecular weight excluding hydrogens is 416 g/mol. The summed E-state index contributed by atoms with van der Waals surface area (Å²) in [6.07, 6.45) is 1.66. The van der Waals surface area contributed by atoms with Crippen molar-refractivity contribution in [1.29, 1.82) is 0 Å². The number of anilines is 1. The number of nitrogens with zero attached hydrogens (tertiary/aromatic N) is 1. The number of nitrogens with one attached hydrogen (secondary N) is 1. The van der Waals surface area contributed by atoms with Gasteiger partial charge in [0.1, 0.15) is 11.5 Å². The van der Waals surface area contributed by atoms with E-state index in [9.17, 15) is 13.2 Å². The zero-order valence-electron chi connectivity index (χ0n) is 16.8. The van der Waals surface area contributed by atoms with Gasteiger partial charge in [0.2, 0.25) is 0 Å². The standard InChI is InChI=1S/C20H25ClN2O5S/c1-5-14(2)23(20(24)22-17-8-6-7-9-19(17)27-3)13-15-12-16(21)10-11-18(15)28-29(4,25)26/h6-12,14H,5,13H2,1-4H3,(H,22,24). The lowest BCUT2D eigenvalue weighted by Crippen LogP contribution is -2.40. The van der Waals surface area contributed by atoms with Gasteiger partial charge in [-0.15, -0.1) is 0 Å². The maximum atomic E-state index is 13.0. The summed E-state index contributed by atoms with van der Waals surface area (Å²) in [5.41, 5.74) is 1.02. The number of ether oxygens (including phenoxy) is 1. The third kappa shape index (κ3) is 6.54. The van der Waals surface area contributed by atoms with Crippen LogP contribution in [-0.2, 0) is 16.7 Å². The molecular formula is C20H25ClN2O5S. The molecule has 9 heteroatoms. The van der Waals surface area contributed by atoms with Crippen molar-refractivity contribution in [2.24, 2.45) is 0 Å². The molecule has 0 saturated heterocycles. The highest BCUT2D eigenvalue weighted by atomic mass is 35.5. The van der Waals surface area contributed by atoms with Crippen LogP contribution < -0.4 is 14.2 Å². The lowest BCUT2D eigenvalue weighted by Gasteiger charge is -2.29. The molecule has 0 fully saturated rings. The topological polar surface area (TPSA) is 84.9 Å². The molecule has 0 saturated carbocycles. The summed E-state index contributed by atoms with van der Waals surface area (Å²) in [6, 6.07) is 11.2. The number of methoxy groups -OCH3 is 1. The lowest BCUT2D eigenvalue weighted by molar-refractivity contribution is 0.186. The highest BCUT2D eigenvalue weighted by molar-refractivity contribution is 7.86. The number of carbonyl (C=O) groups is 1. The Morgan fingerprint density at radius 3 is 2.52 bits per heavy atom. The monoisotopic (exact) mass is 440 g/mol. The first-order valence-corrected chi connectivity index (χ1v) is 11.2. The number of hydrogen-bond donors (Lipinski definition) is 1. The van der Waals surface area contributed by atoms with Crippen molar-refractivity contribution in [2.45, 2.75) is 32.9 Å². The molecule has 1 unspecified atom stereocenters. The number of rotatable bonds is 8. The van der Waals surface area contributed by atoms with Crippen LogP contribution in [0.1, 0.15) is 25.8 Å². The molecule has 2 aromatic rings. The zero-order valence-corrected chi connectivity index (χ0v) is 18.4. The molecule has 2 aromatic carbocycles. The van der Waals surface area contributed by atoms with E-state index in [1.54, 1.807) is 29.2 Å². The number of halogens is 1. The predicted octanol–water partition coefficient (Wildman–Crippen LogP) is 4.52. The largest absolute Gasteiger partial charge is 0.495 e. The molecule has 2 amide bonds. The molecule has 1 N–H and O–H groups in total. The minimum Gasteiger partial charge on any atom is -0.495 e. The van der Waals surface area contributed by atoms with E-state index in [1.165, 1.54) is 19.2 Å². The molecule has 0 aliphatic rings. The van der Waals surface area contributed by atoms with Gasteiger partial charge in [-0.1, -0.05) is 30.7 Å². The van der Waals surface area contributed by atoms with E-state index in [0.717, 1.165) is 6.26 Å². The third-order valence-electron chi connectivity index (χ3n) is 4.34. The van der Waals surface area contributed by atoms with E-state index < -0.39 is 10.1 Å². The van der Waals surface area contributed by atoms with Gasteiger partial charge in [-0.2, -0.15) is 8.42 Å². The number of carbonyl (C=O) groups excluding carboxylic acids is 1. The molecule has 0 radical (unpaired) electrons. The van der Waals surface area contributed by atoms with Gasteiger partial charge in [-0.3, -0.25) is 0 Å². The Kier molecular flexibility index (Phi) is 7.75. The lowest BCUT2D eigenvalue weighted by atomic mass is 10.1. The molecule has 0 heterocycles. The molecule has 2 rings (SSSR count). The predicted molar refractivity (Wildman–Crippen MR) is 114 cm³/mol. The molecule has 0 bridgehead atoms. The van der Waals surface area contributed by atoms with Crippen LogP contribution in [-0.4, -0.2) is 38.8 Å². The highest BCUT2D eigenvalue weighted by Gasteiger charge is 2.23. The van der Waals surface area contributed by atoms with Crippen LogP contribution in [0.2, 0.25) is 5.02 Å². The summed E-state index contributed by atoms with van der Waals surface area (Å²) in [7, 11) is -2.20. The average Bonchev–Trinajstić information content (AvgIpc) is 2.66. The smallest absolute Gasteiger partial charge is 0.322 e. The van der Waals surface area contributed by atoms with E-state index in [-0.39, 0.29) is 24.4 Å². The first-order chi connectivity index (χ1) is 13.6. The summed E-state index contributed by atoms with van der Waals surface area (Å²) in [5.74, 6) is 0.670. The molecule has 158 valence electrons. The number of urea groups is 1. The maximum absolute atomic E-state index is 13.0. The van der Waals surface area contributed by atoms with E-state index >= 15 is 0 Å². The molecule has 29 heavy (non-hydrogen) atoms. The number of para-hydroxylation sites is 2. The van der Waals surface area contributed by atoms with Crippen molar-refractivity contribution in [3.63, 3.8) is 0 Å². The van der Waals surface area contributed by atoms with E-state index in [2.05, 4.69) is 5.32 Å². The molecule has 7 nitrogen and oxygen atoms in total. The van der Waals surface area contributed by atoms with Gasteiger partial charge in [0.05, 0.1) is 25.6 Å². The number of amides is 2. The van der Waals surface area contributed by atoms with Gasteiger partial charge in [-0.05, 0) is 43.7 Å². The molecule has 1 atom stereocenters. The average molecular weight is 441 g/mol. The second-order valence-corrected chi connectivity index (χ2v) is 8.57. The second-order valence-electron chi connectivity index (χ2n) is 6.56. The van der Waals surface area contributed by atoms with Gasteiger partial charge in [-0.25, -0.2) is 4.79 Å². The summed E-state index contributed by atoms with van der Waals surface area (Å²) < 4.78 is 33.5. The fourth-order valence-electron chi connectivity index (χ4n) is 2.68. The van der Waals surface area contributed by atoms with Crippen LogP contribution in [0.15, 0.2) is 42.5 Å². The Morgan fingerprint density at radius 1 is 1.21 bits per heavy atom. The minimum atomic E-state index is -3.73.